The Bertz CT molecular complexity index is 292. The average Bonchev–Trinajstić information content (AvgIpc) is 2.16. The van der Waals surface area contributed by atoms with Crippen molar-refractivity contribution in [2.75, 3.05) is 19.8 Å². The third-order valence-corrected chi connectivity index (χ3v) is 1.35. The van der Waals surface area contributed by atoms with E-state index in [0.29, 0.717) is 0 Å². The quantitative estimate of drug-likeness (QED) is 0.419. The standard InChI is InChI=1S/C9H12F3NO4/c1-3-16-7(14)6(8(15)17-4-2)13-5-9(10,11)12/h3-5H2,1-2H3. The topological polar surface area (TPSA) is 65.0 Å². The van der Waals surface area contributed by atoms with Gasteiger partial charge in [0.2, 0.25) is 5.71 Å². The Morgan fingerprint density at radius 3 is 1.76 bits per heavy atom. The number of esters is 2. The van der Waals surface area contributed by atoms with Gasteiger partial charge in [0.05, 0.1) is 13.2 Å². The van der Waals surface area contributed by atoms with Crippen LogP contribution in [0.4, 0.5) is 13.2 Å². The number of carbonyl (C=O) groups is 2. The molecule has 0 amide bonds. The minimum Gasteiger partial charge on any atom is -0.461 e. The zero-order chi connectivity index (χ0) is 13.5. The van der Waals surface area contributed by atoms with Crippen molar-refractivity contribution in [3.05, 3.63) is 0 Å². The molecule has 5 nitrogen and oxygen atoms in total. The number of hydrogen-bond donors (Lipinski definition) is 0. The van der Waals surface area contributed by atoms with E-state index < -0.39 is 30.4 Å². The second kappa shape index (κ2) is 6.87. The first-order chi connectivity index (χ1) is 7.81. The van der Waals surface area contributed by atoms with Crippen LogP contribution in [0.1, 0.15) is 13.8 Å². The van der Waals surface area contributed by atoms with Gasteiger partial charge in [-0.1, -0.05) is 0 Å². The van der Waals surface area contributed by atoms with Gasteiger partial charge in [-0.3, -0.25) is 4.99 Å². The molecule has 0 heterocycles. The SMILES string of the molecule is CCOC(=O)C(=NCC(F)(F)F)C(=O)OCC. The van der Waals surface area contributed by atoms with E-state index in [9.17, 15) is 22.8 Å². The van der Waals surface area contributed by atoms with Crippen LogP contribution in [0.3, 0.4) is 0 Å². The van der Waals surface area contributed by atoms with E-state index in [1.807, 2.05) is 0 Å². The number of hydrogen-bond acceptors (Lipinski definition) is 5. The molecule has 0 aliphatic carbocycles. The van der Waals surface area contributed by atoms with Crippen LogP contribution in [0.15, 0.2) is 4.99 Å². The van der Waals surface area contributed by atoms with Gasteiger partial charge < -0.3 is 9.47 Å². The largest absolute Gasteiger partial charge is 0.461 e. The van der Waals surface area contributed by atoms with E-state index in [1.54, 1.807) is 0 Å². The van der Waals surface area contributed by atoms with Crippen molar-refractivity contribution in [3.63, 3.8) is 0 Å². The Labute approximate surface area is 95.6 Å². The fourth-order valence-electron chi connectivity index (χ4n) is 0.780. The molecule has 0 aromatic rings. The maximum Gasteiger partial charge on any atom is 0.407 e. The van der Waals surface area contributed by atoms with Gasteiger partial charge in [0.15, 0.2) is 0 Å². The maximum absolute atomic E-state index is 11.9. The van der Waals surface area contributed by atoms with Crippen molar-refractivity contribution in [2.45, 2.75) is 20.0 Å². The first-order valence-electron chi connectivity index (χ1n) is 4.77. The number of alkyl halides is 3. The van der Waals surface area contributed by atoms with Gasteiger partial charge in [0.1, 0.15) is 6.54 Å². The van der Waals surface area contributed by atoms with Crippen molar-refractivity contribution in [2.24, 2.45) is 4.99 Å². The third kappa shape index (κ3) is 6.54. The van der Waals surface area contributed by atoms with Crippen LogP contribution in [0.2, 0.25) is 0 Å². The van der Waals surface area contributed by atoms with E-state index in [0.717, 1.165) is 0 Å². The number of aliphatic imine (C=N–C) groups is 1. The van der Waals surface area contributed by atoms with Crippen molar-refractivity contribution in [1.82, 2.24) is 0 Å². The summed E-state index contributed by atoms with van der Waals surface area (Å²) in [4.78, 5) is 25.2. The van der Waals surface area contributed by atoms with Crippen LogP contribution in [-0.2, 0) is 19.1 Å². The number of halogens is 3. The van der Waals surface area contributed by atoms with E-state index >= 15 is 0 Å². The Balaban J connectivity index is 4.84. The minimum absolute atomic E-state index is 0.0801. The second-order valence-electron chi connectivity index (χ2n) is 2.72. The highest BCUT2D eigenvalue weighted by atomic mass is 19.4. The van der Waals surface area contributed by atoms with Crippen molar-refractivity contribution >= 4 is 17.7 Å². The lowest BCUT2D eigenvalue weighted by Crippen LogP contribution is -2.30. The number of carbonyl (C=O) groups excluding carboxylic acids is 2. The number of ether oxygens (including phenoxy) is 2. The van der Waals surface area contributed by atoms with E-state index in [2.05, 4.69) is 14.5 Å². The zero-order valence-electron chi connectivity index (χ0n) is 9.34. The molecule has 0 N–H and O–H groups in total. The maximum atomic E-state index is 11.9. The summed E-state index contributed by atoms with van der Waals surface area (Å²) in [5.74, 6) is -2.45. The molecule has 0 unspecified atom stereocenters. The van der Waals surface area contributed by atoms with Gasteiger partial charge >= 0.3 is 18.1 Å². The molecule has 0 aliphatic rings. The highest BCUT2D eigenvalue weighted by molar-refractivity contribution is 6.62. The second-order valence-corrected chi connectivity index (χ2v) is 2.72. The summed E-state index contributed by atoms with van der Waals surface area (Å²) >= 11 is 0. The predicted molar refractivity (Wildman–Crippen MR) is 51.6 cm³/mol. The lowest BCUT2D eigenvalue weighted by Gasteiger charge is -2.06. The van der Waals surface area contributed by atoms with Gasteiger partial charge in [-0.25, -0.2) is 9.59 Å². The number of nitrogens with zero attached hydrogens (tertiary/aromatic N) is 1. The monoisotopic (exact) mass is 255 g/mol. The van der Waals surface area contributed by atoms with Crippen LogP contribution in [-0.4, -0.2) is 43.6 Å². The molecule has 0 fully saturated rings. The molecule has 0 saturated heterocycles. The molecule has 0 aliphatic heterocycles. The first kappa shape index (κ1) is 15.4. The van der Waals surface area contributed by atoms with Crippen molar-refractivity contribution in [1.29, 1.82) is 0 Å². The van der Waals surface area contributed by atoms with Crippen molar-refractivity contribution in [3.8, 4) is 0 Å². The van der Waals surface area contributed by atoms with Crippen LogP contribution in [0.5, 0.6) is 0 Å². The highest BCUT2D eigenvalue weighted by Gasteiger charge is 2.30. The lowest BCUT2D eigenvalue weighted by atomic mass is 10.3. The van der Waals surface area contributed by atoms with Gasteiger partial charge in [0.25, 0.3) is 0 Å². The lowest BCUT2D eigenvalue weighted by molar-refractivity contribution is -0.140. The molecular weight excluding hydrogens is 243 g/mol. The van der Waals surface area contributed by atoms with E-state index in [-0.39, 0.29) is 13.2 Å². The third-order valence-electron chi connectivity index (χ3n) is 1.35. The summed E-state index contributed by atoms with van der Waals surface area (Å²) in [5, 5.41) is 0. The molecule has 0 saturated carbocycles. The van der Waals surface area contributed by atoms with E-state index in [4.69, 9.17) is 0 Å². The van der Waals surface area contributed by atoms with Crippen LogP contribution in [0, 0.1) is 0 Å². The van der Waals surface area contributed by atoms with Gasteiger partial charge in [-0.05, 0) is 13.8 Å². The fourth-order valence-corrected chi connectivity index (χ4v) is 0.780. The van der Waals surface area contributed by atoms with Gasteiger partial charge in [-0.15, -0.1) is 0 Å². The molecule has 8 heteroatoms. The normalized spacial score (nSPS) is 10.6. The summed E-state index contributed by atoms with van der Waals surface area (Å²) in [6, 6.07) is 0. The Morgan fingerprint density at radius 2 is 1.47 bits per heavy atom. The molecule has 0 aromatic carbocycles. The molecule has 0 spiro atoms. The van der Waals surface area contributed by atoms with Crippen molar-refractivity contribution < 1.29 is 32.2 Å². The average molecular weight is 255 g/mol. The first-order valence-corrected chi connectivity index (χ1v) is 4.77. The Hall–Kier alpha value is -1.60. The highest BCUT2D eigenvalue weighted by Crippen LogP contribution is 2.14. The molecule has 0 rings (SSSR count). The summed E-state index contributed by atoms with van der Waals surface area (Å²) in [5.41, 5.74) is -0.981. The Morgan fingerprint density at radius 1 is 1.06 bits per heavy atom. The van der Waals surface area contributed by atoms with Crippen LogP contribution >= 0.6 is 0 Å². The molecular formula is C9H12F3NO4. The summed E-state index contributed by atoms with van der Waals surface area (Å²) in [6.07, 6.45) is -4.61. The minimum atomic E-state index is -4.61. The van der Waals surface area contributed by atoms with Gasteiger partial charge in [0, 0.05) is 0 Å². The van der Waals surface area contributed by atoms with Crippen LogP contribution < -0.4 is 0 Å². The summed E-state index contributed by atoms with van der Waals surface area (Å²) < 4.78 is 44.5. The zero-order valence-corrected chi connectivity index (χ0v) is 9.34. The summed E-state index contributed by atoms with van der Waals surface area (Å²) in [6.45, 7) is 1.10. The fraction of sp³-hybridized carbons (Fsp3) is 0.667. The predicted octanol–water partition coefficient (Wildman–Crippen LogP) is 1.12. The molecule has 0 aromatic heterocycles. The molecule has 0 bridgehead atoms. The van der Waals surface area contributed by atoms with E-state index in [1.165, 1.54) is 13.8 Å². The van der Waals surface area contributed by atoms with Crippen LogP contribution in [0.25, 0.3) is 0 Å². The molecule has 0 atom stereocenters. The number of rotatable bonds is 5. The summed E-state index contributed by atoms with van der Waals surface area (Å²) in [7, 11) is 0. The Kier molecular flexibility index (Phi) is 6.22. The molecule has 0 radical (unpaired) electrons. The van der Waals surface area contributed by atoms with Gasteiger partial charge in [-0.2, -0.15) is 13.2 Å². The smallest absolute Gasteiger partial charge is 0.407 e. The molecule has 98 valence electrons. The molecule has 17 heavy (non-hydrogen) atoms.